The Balaban J connectivity index is 4.04. The van der Waals surface area contributed by atoms with Crippen LogP contribution in [0.2, 0.25) is 18.6 Å². The van der Waals surface area contributed by atoms with Crippen molar-refractivity contribution < 1.29 is 9.53 Å². The fraction of sp³-hybridized carbons (Fsp3) is 0.889. The van der Waals surface area contributed by atoms with Crippen molar-refractivity contribution in [3.63, 3.8) is 0 Å². The van der Waals surface area contributed by atoms with Gasteiger partial charge < -0.3 is 4.74 Å². The Kier molecular flexibility index (Phi) is 5.21. The van der Waals surface area contributed by atoms with Crippen molar-refractivity contribution >= 4 is 14.8 Å². The van der Waals surface area contributed by atoms with Crippen LogP contribution in [0.4, 0.5) is 0 Å². The van der Waals surface area contributed by atoms with E-state index in [4.69, 9.17) is 4.74 Å². The van der Waals surface area contributed by atoms with E-state index >= 15 is 0 Å². The predicted molar refractivity (Wildman–Crippen MR) is 52.8 cm³/mol. The highest BCUT2D eigenvalue weighted by Gasteiger charge is 2.23. The third kappa shape index (κ3) is 3.90. The minimum absolute atomic E-state index is 0.00797. The van der Waals surface area contributed by atoms with Gasteiger partial charge >= 0.3 is 5.97 Å². The van der Waals surface area contributed by atoms with Crippen molar-refractivity contribution in [3.05, 3.63) is 0 Å². The van der Waals surface area contributed by atoms with E-state index in [0.717, 1.165) is 6.42 Å². The van der Waals surface area contributed by atoms with Gasteiger partial charge in [0.15, 0.2) is 0 Å². The van der Waals surface area contributed by atoms with Crippen LogP contribution in [-0.2, 0) is 9.53 Å². The van der Waals surface area contributed by atoms with Crippen LogP contribution in [0.15, 0.2) is 0 Å². The molecule has 0 spiro atoms. The van der Waals surface area contributed by atoms with Gasteiger partial charge in [-0.2, -0.15) is 0 Å². The van der Waals surface area contributed by atoms with E-state index in [1.807, 2.05) is 20.8 Å². The summed E-state index contributed by atoms with van der Waals surface area (Å²) in [5.41, 5.74) is 0.164. The number of carbonyl (C=O) groups is 1. The molecule has 0 aliphatic carbocycles. The first-order chi connectivity index (χ1) is 5.49. The molecule has 0 aromatic rings. The summed E-state index contributed by atoms with van der Waals surface area (Å²) in [7, 11) is -0.543. The van der Waals surface area contributed by atoms with E-state index in [-0.39, 0.29) is 17.6 Å². The topological polar surface area (TPSA) is 26.3 Å². The zero-order valence-corrected chi connectivity index (χ0v) is 9.68. The second-order valence-electron chi connectivity index (χ2n) is 3.52. The Morgan fingerprint density at radius 3 is 2.17 bits per heavy atom. The van der Waals surface area contributed by atoms with Crippen molar-refractivity contribution in [2.75, 3.05) is 0 Å². The summed E-state index contributed by atoms with van der Waals surface area (Å²) in [5.74, 6) is -0.00797. The molecule has 2 nitrogen and oxygen atoms in total. The summed E-state index contributed by atoms with van der Waals surface area (Å²) < 4.78 is 5.15. The maximum atomic E-state index is 11.4. The lowest BCUT2D eigenvalue weighted by Crippen LogP contribution is -2.25. The summed E-state index contributed by atoms with van der Waals surface area (Å²) >= 11 is 0. The Morgan fingerprint density at radius 1 is 1.42 bits per heavy atom. The average molecular weight is 187 g/mol. The van der Waals surface area contributed by atoms with Gasteiger partial charge in [-0.25, -0.2) is 0 Å². The van der Waals surface area contributed by atoms with Crippen LogP contribution < -0.4 is 0 Å². The first-order valence-electron chi connectivity index (χ1n) is 4.49. The van der Waals surface area contributed by atoms with Gasteiger partial charge in [-0.1, -0.05) is 20.0 Å². The summed E-state index contributed by atoms with van der Waals surface area (Å²) in [6.45, 7) is 10.1. The monoisotopic (exact) mass is 187 g/mol. The SMILES string of the molecule is CCC(C(=O)OC(C)C)[Si](C)C. The Bertz CT molecular complexity index is 143. The molecule has 0 aliphatic rings. The summed E-state index contributed by atoms with van der Waals surface area (Å²) in [4.78, 5) is 11.4. The molecule has 0 heterocycles. The zero-order chi connectivity index (χ0) is 9.72. The molecule has 0 aromatic carbocycles. The Labute approximate surface area is 76.9 Å². The van der Waals surface area contributed by atoms with Crippen molar-refractivity contribution in [2.24, 2.45) is 0 Å². The highest BCUT2D eigenvalue weighted by molar-refractivity contribution is 6.61. The molecule has 0 saturated carbocycles. The van der Waals surface area contributed by atoms with E-state index in [9.17, 15) is 4.79 Å². The lowest BCUT2D eigenvalue weighted by Gasteiger charge is -2.17. The maximum Gasteiger partial charge on any atom is 0.306 e. The first kappa shape index (κ1) is 11.7. The van der Waals surface area contributed by atoms with Crippen LogP contribution >= 0.6 is 0 Å². The van der Waals surface area contributed by atoms with E-state index < -0.39 is 8.80 Å². The fourth-order valence-electron chi connectivity index (χ4n) is 1.13. The second kappa shape index (κ2) is 5.35. The second-order valence-corrected chi connectivity index (χ2v) is 6.38. The fourth-order valence-corrected chi connectivity index (χ4v) is 2.48. The van der Waals surface area contributed by atoms with Gasteiger partial charge in [0.25, 0.3) is 0 Å². The predicted octanol–water partition coefficient (Wildman–Crippen LogP) is 2.47. The van der Waals surface area contributed by atoms with E-state index in [1.54, 1.807) is 0 Å². The number of carbonyl (C=O) groups excluding carboxylic acids is 1. The number of rotatable bonds is 4. The quantitative estimate of drug-likeness (QED) is 0.499. The van der Waals surface area contributed by atoms with E-state index in [2.05, 4.69) is 13.1 Å². The van der Waals surface area contributed by atoms with E-state index in [0.29, 0.717) is 0 Å². The van der Waals surface area contributed by atoms with Crippen molar-refractivity contribution in [1.29, 1.82) is 0 Å². The van der Waals surface area contributed by atoms with Crippen LogP contribution in [0.3, 0.4) is 0 Å². The maximum absolute atomic E-state index is 11.4. The molecule has 1 unspecified atom stereocenters. The van der Waals surface area contributed by atoms with Crippen LogP contribution in [0.25, 0.3) is 0 Å². The molecule has 0 fully saturated rings. The van der Waals surface area contributed by atoms with Gasteiger partial charge in [0.05, 0.1) is 14.9 Å². The number of esters is 1. The van der Waals surface area contributed by atoms with Gasteiger partial charge in [-0.3, -0.25) is 4.79 Å². The molecule has 0 bridgehead atoms. The summed E-state index contributed by atoms with van der Waals surface area (Å²) in [5, 5.41) is 0. The van der Waals surface area contributed by atoms with Gasteiger partial charge in [0, 0.05) is 5.54 Å². The molecule has 0 rings (SSSR count). The molecule has 0 amide bonds. The van der Waals surface area contributed by atoms with Gasteiger partial charge in [-0.15, -0.1) is 0 Å². The van der Waals surface area contributed by atoms with Crippen molar-refractivity contribution in [2.45, 2.75) is 51.9 Å². The molecule has 12 heavy (non-hydrogen) atoms. The minimum Gasteiger partial charge on any atom is -0.463 e. The lowest BCUT2D eigenvalue weighted by molar-refractivity contribution is -0.147. The lowest BCUT2D eigenvalue weighted by atomic mass is 10.3. The summed E-state index contributed by atoms with van der Waals surface area (Å²) in [6.07, 6.45) is 0.931. The molecular formula is C9H19O2Si. The van der Waals surface area contributed by atoms with Gasteiger partial charge in [0.2, 0.25) is 0 Å². The van der Waals surface area contributed by atoms with Gasteiger partial charge in [0.1, 0.15) is 0 Å². The minimum atomic E-state index is -0.543. The van der Waals surface area contributed by atoms with Crippen LogP contribution in [-0.4, -0.2) is 20.9 Å². The largest absolute Gasteiger partial charge is 0.463 e. The molecule has 0 N–H and O–H groups in total. The number of hydrogen-bond donors (Lipinski definition) is 0. The molecule has 0 aliphatic heterocycles. The molecule has 1 atom stereocenters. The first-order valence-corrected chi connectivity index (χ1v) is 7.07. The zero-order valence-electron chi connectivity index (χ0n) is 8.68. The number of ether oxygens (including phenoxy) is 1. The molecule has 3 heteroatoms. The van der Waals surface area contributed by atoms with Crippen LogP contribution in [0.5, 0.6) is 0 Å². The molecule has 0 saturated heterocycles. The smallest absolute Gasteiger partial charge is 0.306 e. The number of hydrogen-bond acceptors (Lipinski definition) is 2. The summed E-state index contributed by atoms with van der Waals surface area (Å²) in [6, 6.07) is 0. The standard InChI is InChI=1S/C9H19O2Si/c1-6-8(12(4)5)9(10)11-7(2)3/h7-8H,6H2,1-5H3. The van der Waals surface area contributed by atoms with E-state index in [1.165, 1.54) is 0 Å². The third-order valence-corrected chi connectivity index (χ3v) is 3.78. The van der Waals surface area contributed by atoms with Crippen LogP contribution in [0.1, 0.15) is 27.2 Å². The highest BCUT2D eigenvalue weighted by atomic mass is 28.3. The third-order valence-electron chi connectivity index (χ3n) is 1.74. The normalized spacial score (nSPS) is 13.6. The molecule has 1 radical (unpaired) electrons. The highest BCUT2D eigenvalue weighted by Crippen LogP contribution is 2.17. The molecule has 71 valence electrons. The van der Waals surface area contributed by atoms with Crippen LogP contribution in [0, 0.1) is 0 Å². The average Bonchev–Trinajstić information content (AvgIpc) is 1.85. The Hall–Kier alpha value is -0.313. The van der Waals surface area contributed by atoms with Gasteiger partial charge in [-0.05, 0) is 20.3 Å². The van der Waals surface area contributed by atoms with Crippen molar-refractivity contribution in [3.8, 4) is 0 Å². The van der Waals surface area contributed by atoms with Crippen molar-refractivity contribution in [1.82, 2.24) is 0 Å². The Morgan fingerprint density at radius 2 is 1.92 bits per heavy atom. The molecule has 0 aromatic heterocycles. The molecular weight excluding hydrogens is 168 g/mol.